The fourth-order valence-electron chi connectivity index (χ4n) is 4.77. The maximum absolute atomic E-state index is 13.4. The van der Waals surface area contributed by atoms with Crippen molar-refractivity contribution in [2.45, 2.75) is 68.8 Å². The van der Waals surface area contributed by atoms with Crippen molar-refractivity contribution in [3.05, 3.63) is 52.6 Å². The standard InChI is InChI=1S/C25H33N5O9S/c1-15-7-9-16(10-8-15)40(37,38)30-13-11-17-18(26-20(31)27-19(17)30)28(6)24(34)23(5,33)12-14-29(25(24,35)36)21(32)39-22(2,3)4/h7-11,13,33-36H,12,14H2,1-6H3,(H,26,27,31). The predicted molar refractivity (Wildman–Crippen MR) is 143 cm³/mol. The highest BCUT2D eigenvalue weighted by atomic mass is 32.2. The number of piperidine rings is 1. The van der Waals surface area contributed by atoms with E-state index < -0.39 is 57.0 Å². The summed E-state index contributed by atoms with van der Waals surface area (Å²) in [4.78, 5) is 32.8. The van der Waals surface area contributed by atoms with Crippen LogP contribution in [-0.2, 0) is 14.8 Å². The lowest BCUT2D eigenvalue weighted by Gasteiger charge is -2.58. The number of aliphatic hydroxyl groups is 4. The van der Waals surface area contributed by atoms with E-state index in [0.717, 1.165) is 34.6 Å². The van der Waals surface area contributed by atoms with E-state index in [2.05, 4.69) is 9.97 Å². The zero-order valence-corrected chi connectivity index (χ0v) is 23.7. The Morgan fingerprint density at radius 2 is 1.73 bits per heavy atom. The van der Waals surface area contributed by atoms with Crippen molar-refractivity contribution in [1.29, 1.82) is 0 Å². The van der Waals surface area contributed by atoms with Crippen LogP contribution in [0.1, 0.15) is 39.7 Å². The zero-order valence-electron chi connectivity index (χ0n) is 22.9. The molecule has 0 bridgehead atoms. The maximum Gasteiger partial charge on any atom is 0.414 e. The van der Waals surface area contributed by atoms with Gasteiger partial charge in [0.2, 0.25) is 5.72 Å². The fourth-order valence-corrected chi connectivity index (χ4v) is 6.08. The summed E-state index contributed by atoms with van der Waals surface area (Å²) in [7, 11) is -3.09. The Morgan fingerprint density at radius 3 is 2.30 bits per heavy atom. The molecule has 3 aromatic rings. The zero-order chi connectivity index (χ0) is 30.1. The van der Waals surface area contributed by atoms with Crippen LogP contribution in [-0.4, -0.2) is 90.2 Å². The number of nitrogens with zero attached hydrogens (tertiary/aromatic N) is 4. The number of nitrogens with one attached hydrogen (secondary N) is 1. The molecule has 1 aliphatic heterocycles. The van der Waals surface area contributed by atoms with Crippen molar-refractivity contribution >= 4 is 33.0 Å². The third kappa shape index (κ3) is 4.53. The van der Waals surface area contributed by atoms with Gasteiger partial charge in [-0.2, -0.15) is 4.98 Å². The Kier molecular flexibility index (Phi) is 6.84. The lowest BCUT2D eigenvalue weighted by Crippen LogP contribution is -2.83. The highest BCUT2D eigenvalue weighted by Gasteiger charge is 2.70. The number of anilines is 1. The van der Waals surface area contributed by atoms with Gasteiger partial charge in [-0.05, 0) is 59.2 Å². The van der Waals surface area contributed by atoms with Crippen LogP contribution in [0, 0.1) is 6.92 Å². The largest absolute Gasteiger partial charge is 0.444 e. The molecule has 1 amide bonds. The normalized spacial score (nSPS) is 23.3. The number of benzene rings is 1. The van der Waals surface area contributed by atoms with Crippen LogP contribution in [0.2, 0.25) is 0 Å². The highest BCUT2D eigenvalue weighted by Crippen LogP contribution is 2.45. The van der Waals surface area contributed by atoms with Crippen LogP contribution in [0.4, 0.5) is 10.6 Å². The number of likely N-dealkylation sites (N-methyl/N-ethyl adjacent to an activating group) is 1. The van der Waals surface area contributed by atoms with E-state index in [-0.39, 0.29) is 22.3 Å². The van der Waals surface area contributed by atoms with E-state index in [9.17, 15) is 38.4 Å². The first-order chi connectivity index (χ1) is 18.2. The number of carbonyl (C=O) groups excluding carboxylic acids is 1. The lowest BCUT2D eigenvalue weighted by molar-refractivity contribution is -0.392. The van der Waals surface area contributed by atoms with E-state index in [1.54, 1.807) is 39.8 Å². The molecule has 1 aliphatic rings. The number of aromatic amines is 1. The number of rotatable bonds is 4. The first kappa shape index (κ1) is 29.5. The molecule has 40 heavy (non-hydrogen) atoms. The van der Waals surface area contributed by atoms with Crippen LogP contribution in [0.3, 0.4) is 0 Å². The third-order valence-corrected chi connectivity index (χ3v) is 8.63. The van der Waals surface area contributed by atoms with Gasteiger partial charge in [0.05, 0.1) is 10.3 Å². The van der Waals surface area contributed by atoms with Gasteiger partial charge in [0, 0.05) is 19.8 Å². The van der Waals surface area contributed by atoms with E-state index in [0.29, 0.717) is 4.90 Å². The number of likely N-dealkylation sites (tertiary alicyclic amines) is 1. The van der Waals surface area contributed by atoms with Crippen molar-refractivity contribution < 1.29 is 38.4 Å². The Balaban J connectivity index is 1.87. The third-order valence-electron chi connectivity index (χ3n) is 6.94. The number of aryl methyl sites for hydroxylation is 1. The summed E-state index contributed by atoms with van der Waals surface area (Å²) in [6, 6.07) is 7.32. The van der Waals surface area contributed by atoms with Gasteiger partial charge in [0.25, 0.3) is 10.0 Å². The molecule has 4 rings (SSSR count). The molecule has 218 valence electrons. The Bertz CT molecular complexity index is 1620. The molecular formula is C25H33N5O9S. The summed E-state index contributed by atoms with van der Waals surface area (Å²) in [5, 5.41) is 45.5. The van der Waals surface area contributed by atoms with E-state index >= 15 is 0 Å². The first-order valence-electron chi connectivity index (χ1n) is 12.3. The van der Waals surface area contributed by atoms with Gasteiger partial charge in [-0.1, -0.05) is 17.7 Å². The molecule has 1 fully saturated rings. The Hall–Kier alpha value is -3.50. The second-order valence-corrected chi connectivity index (χ2v) is 12.9. The number of fused-ring (bicyclic) bond motifs is 1. The van der Waals surface area contributed by atoms with Crippen molar-refractivity contribution in [2.24, 2.45) is 0 Å². The van der Waals surface area contributed by atoms with Crippen molar-refractivity contribution in [2.75, 3.05) is 18.5 Å². The number of hydrogen-bond donors (Lipinski definition) is 5. The number of carbonyl (C=O) groups is 1. The van der Waals surface area contributed by atoms with Gasteiger partial charge in [-0.15, -0.1) is 0 Å². The quantitative estimate of drug-likeness (QED) is 0.269. The molecule has 3 heterocycles. The van der Waals surface area contributed by atoms with Gasteiger partial charge in [-0.25, -0.2) is 22.0 Å². The monoisotopic (exact) mass is 579 g/mol. The topological polar surface area (TPSA) is 199 Å². The SMILES string of the molecule is Cc1ccc(S(=O)(=O)n2ccc3c(N(C)C4(O)C(C)(O)CCN(C(=O)OC(C)(C)C)C4(O)O)nc(=O)[nH]c32)cc1. The smallest absolute Gasteiger partial charge is 0.414 e. The van der Waals surface area contributed by atoms with Gasteiger partial charge in [0.15, 0.2) is 0 Å². The Morgan fingerprint density at radius 1 is 1.12 bits per heavy atom. The summed E-state index contributed by atoms with van der Waals surface area (Å²) in [5.41, 5.74) is -6.84. The van der Waals surface area contributed by atoms with E-state index in [1.165, 1.54) is 18.2 Å². The molecule has 2 unspecified atom stereocenters. The van der Waals surface area contributed by atoms with E-state index in [4.69, 9.17) is 4.74 Å². The molecule has 0 saturated carbocycles. The molecule has 2 atom stereocenters. The lowest BCUT2D eigenvalue weighted by atomic mass is 9.80. The summed E-state index contributed by atoms with van der Waals surface area (Å²) in [6.07, 6.45) is -0.361. The predicted octanol–water partition coefficient (Wildman–Crippen LogP) is 0.425. The first-order valence-corrected chi connectivity index (χ1v) is 13.8. The molecule has 2 aromatic heterocycles. The number of amides is 1. The summed E-state index contributed by atoms with van der Waals surface area (Å²) in [6.45, 7) is 7.19. The van der Waals surface area contributed by atoms with Gasteiger partial charge in [-0.3, -0.25) is 9.88 Å². The fraction of sp³-hybridized carbons (Fsp3) is 0.480. The van der Waals surface area contributed by atoms with Gasteiger partial charge < -0.3 is 30.1 Å². The Labute approximate surface area is 230 Å². The molecule has 5 N–H and O–H groups in total. The minimum absolute atomic E-state index is 0.0211. The summed E-state index contributed by atoms with van der Waals surface area (Å²) >= 11 is 0. The number of H-pyrrole nitrogens is 1. The van der Waals surface area contributed by atoms with Crippen LogP contribution in [0.5, 0.6) is 0 Å². The molecule has 0 radical (unpaired) electrons. The molecular weight excluding hydrogens is 546 g/mol. The molecule has 14 nitrogen and oxygen atoms in total. The molecule has 1 saturated heterocycles. The van der Waals surface area contributed by atoms with E-state index in [1.807, 2.05) is 0 Å². The number of ether oxygens (including phenoxy) is 1. The summed E-state index contributed by atoms with van der Waals surface area (Å²) in [5.74, 6) is -3.88. The second-order valence-electron chi connectivity index (χ2n) is 11.1. The van der Waals surface area contributed by atoms with Crippen LogP contribution < -0.4 is 10.6 Å². The minimum atomic E-state index is -4.20. The average molecular weight is 580 g/mol. The molecule has 0 aliphatic carbocycles. The second kappa shape index (κ2) is 9.27. The molecule has 0 spiro atoms. The molecule has 1 aromatic carbocycles. The van der Waals surface area contributed by atoms with Gasteiger partial charge in [0.1, 0.15) is 22.7 Å². The van der Waals surface area contributed by atoms with Gasteiger partial charge >= 0.3 is 17.7 Å². The number of aromatic nitrogens is 3. The van der Waals surface area contributed by atoms with Crippen molar-refractivity contribution in [3.8, 4) is 0 Å². The van der Waals surface area contributed by atoms with Crippen molar-refractivity contribution in [1.82, 2.24) is 18.8 Å². The van der Waals surface area contributed by atoms with Crippen molar-refractivity contribution in [3.63, 3.8) is 0 Å². The average Bonchev–Trinajstić information content (AvgIpc) is 3.25. The van der Waals surface area contributed by atoms with Crippen LogP contribution in [0.25, 0.3) is 11.0 Å². The van der Waals surface area contributed by atoms with Crippen LogP contribution in [0.15, 0.2) is 46.2 Å². The van der Waals surface area contributed by atoms with Crippen LogP contribution >= 0.6 is 0 Å². The minimum Gasteiger partial charge on any atom is -0.444 e. The maximum atomic E-state index is 13.4. The summed E-state index contributed by atoms with van der Waals surface area (Å²) < 4.78 is 32.9. The molecule has 15 heteroatoms. The highest BCUT2D eigenvalue weighted by molar-refractivity contribution is 7.90. The number of hydrogen-bond acceptors (Lipinski definition) is 11.